The molecule has 20 heavy (non-hydrogen) atoms. The second-order valence-corrected chi connectivity index (χ2v) is 5.24. The zero-order valence-electron chi connectivity index (χ0n) is 12.6. The van der Waals surface area contributed by atoms with Crippen molar-refractivity contribution in [2.45, 2.75) is 46.1 Å². The van der Waals surface area contributed by atoms with Gasteiger partial charge in [0, 0.05) is 18.7 Å². The van der Waals surface area contributed by atoms with Crippen molar-refractivity contribution < 1.29 is 4.79 Å². The molecular weight excluding hydrogens is 272 g/mol. The highest BCUT2D eigenvalue weighted by atomic mass is 35.5. The summed E-state index contributed by atoms with van der Waals surface area (Å²) >= 11 is 0. The fourth-order valence-electron chi connectivity index (χ4n) is 3.15. The molecule has 1 N–H and O–H groups in total. The molecule has 0 aromatic heterocycles. The molecule has 0 bridgehead atoms. The van der Waals surface area contributed by atoms with Crippen molar-refractivity contribution in [3.63, 3.8) is 0 Å². The minimum absolute atomic E-state index is 0. The number of likely N-dealkylation sites (N-methyl/N-ethyl adjacent to an activating group) is 1. The van der Waals surface area contributed by atoms with Crippen molar-refractivity contribution in [2.24, 2.45) is 0 Å². The van der Waals surface area contributed by atoms with Gasteiger partial charge in [-0.25, -0.2) is 0 Å². The van der Waals surface area contributed by atoms with Crippen molar-refractivity contribution in [3.8, 4) is 0 Å². The van der Waals surface area contributed by atoms with E-state index in [1.54, 1.807) is 6.92 Å². The summed E-state index contributed by atoms with van der Waals surface area (Å²) in [7, 11) is 0. The molecule has 3 nitrogen and oxygen atoms in total. The maximum atomic E-state index is 11.2. The number of halogens is 1. The van der Waals surface area contributed by atoms with Crippen LogP contribution >= 0.6 is 12.4 Å². The van der Waals surface area contributed by atoms with Gasteiger partial charge in [-0.1, -0.05) is 26.0 Å². The highest BCUT2D eigenvalue weighted by molar-refractivity contribution is 5.89. The maximum absolute atomic E-state index is 11.2. The summed E-state index contributed by atoms with van der Waals surface area (Å²) in [5.74, 6) is 0.0132. The molecule has 0 aliphatic heterocycles. The van der Waals surface area contributed by atoms with Crippen molar-refractivity contribution in [2.75, 3.05) is 18.4 Å². The first-order chi connectivity index (χ1) is 9.15. The van der Waals surface area contributed by atoms with Gasteiger partial charge in [-0.15, -0.1) is 12.4 Å². The van der Waals surface area contributed by atoms with E-state index < -0.39 is 0 Å². The van der Waals surface area contributed by atoms with Crippen LogP contribution in [0.4, 0.5) is 5.69 Å². The van der Waals surface area contributed by atoms with Crippen molar-refractivity contribution in [3.05, 3.63) is 29.3 Å². The van der Waals surface area contributed by atoms with Crippen LogP contribution in [0.1, 0.15) is 38.3 Å². The Kier molecular flexibility index (Phi) is 6.50. The SMILES string of the molecule is CCN(CC)C1CCc2c(cccc2NC(C)=O)C1.Cl. The quantitative estimate of drug-likeness (QED) is 0.925. The number of rotatable bonds is 4. The molecule has 1 aliphatic rings. The Balaban J connectivity index is 0.00000200. The first-order valence-corrected chi connectivity index (χ1v) is 7.28. The van der Waals surface area contributed by atoms with E-state index in [0.717, 1.165) is 31.6 Å². The molecule has 1 atom stereocenters. The van der Waals surface area contributed by atoms with Gasteiger partial charge in [0.2, 0.25) is 5.91 Å². The number of fused-ring (bicyclic) bond motifs is 1. The minimum atomic E-state index is 0. The fraction of sp³-hybridized carbons (Fsp3) is 0.562. The Labute approximate surface area is 128 Å². The van der Waals surface area contributed by atoms with E-state index in [1.807, 2.05) is 6.07 Å². The molecule has 112 valence electrons. The molecule has 4 heteroatoms. The van der Waals surface area contributed by atoms with Crippen LogP contribution in [0.5, 0.6) is 0 Å². The van der Waals surface area contributed by atoms with E-state index >= 15 is 0 Å². The lowest BCUT2D eigenvalue weighted by Crippen LogP contribution is -2.39. The molecule has 2 rings (SSSR count). The molecule has 0 saturated carbocycles. The molecule has 1 amide bonds. The zero-order valence-corrected chi connectivity index (χ0v) is 13.4. The minimum Gasteiger partial charge on any atom is -0.326 e. The number of anilines is 1. The smallest absolute Gasteiger partial charge is 0.221 e. The van der Waals surface area contributed by atoms with Crippen LogP contribution in [-0.2, 0) is 17.6 Å². The Hall–Kier alpha value is -1.06. The fourth-order valence-corrected chi connectivity index (χ4v) is 3.15. The number of hydrogen-bond donors (Lipinski definition) is 1. The Morgan fingerprint density at radius 2 is 2.05 bits per heavy atom. The molecule has 0 heterocycles. The number of amides is 1. The van der Waals surface area contributed by atoms with Gasteiger partial charge in [-0.3, -0.25) is 4.79 Å². The summed E-state index contributed by atoms with van der Waals surface area (Å²) in [6, 6.07) is 6.92. The number of carbonyl (C=O) groups excluding carboxylic acids is 1. The van der Waals surface area contributed by atoms with Crippen LogP contribution in [0.25, 0.3) is 0 Å². The first-order valence-electron chi connectivity index (χ1n) is 7.28. The summed E-state index contributed by atoms with van der Waals surface area (Å²) in [4.78, 5) is 13.8. The third-order valence-corrected chi connectivity index (χ3v) is 4.10. The van der Waals surface area contributed by atoms with Gasteiger partial charge in [0.25, 0.3) is 0 Å². The Morgan fingerprint density at radius 3 is 2.65 bits per heavy atom. The van der Waals surface area contributed by atoms with Gasteiger partial charge in [0.05, 0.1) is 0 Å². The lowest BCUT2D eigenvalue weighted by Gasteiger charge is -2.34. The molecule has 0 fully saturated rings. The number of hydrogen-bond acceptors (Lipinski definition) is 2. The Bertz CT molecular complexity index is 458. The van der Waals surface area contributed by atoms with Crippen LogP contribution in [0, 0.1) is 0 Å². The molecule has 1 aliphatic carbocycles. The number of nitrogens with zero attached hydrogens (tertiary/aromatic N) is 1. The van der Waals surface area contributed by atoms with E-state index in [0.29, 0.717) is 6.04 Å². The van der Waals surface area contributed by atoms with Gasteiger partial charge in [0.1, 0.15) is 0 Å². The summed E-state index contributed by atoms with van der Waals surface area (Å²) < 4.78 is 0. The summed E-state index contributed by atoms with van der Waals surface area (Å²) in [5, 5.41) is 2.95. The molecule has 0 saturated heterocycles. The van der Waals surface area contributed by atoms with Crippen molar-refractivity contribution >= 4 is 24.0 Å². The van der Waals surface area contributed by atoms with Crippen LogP contribution in [0.3, 0.4) is 0 Å². The monoisotopic (exact) mass is 296 g/mol. The van der Waals surface area contributed by atoms with Crippen molar-refractivity contribution in [1.29, 1.82) is 0 Å². The maximum Gasteiger partial charge on any atom is 0.221 e. The van der Waals surface area contributed by atoms with E-state index in [9.17, 15) is 4.79 Å². The van der Waals surface area contributed by atoms with Gasteiger partial charge in [0.15, 0.2) is 0 Å². The first kappa shape index (κ1) is 17.0. The zero-order chi connectivity index (χ0) is 13.8. The van der Waals surface area contributed by atoms with Gasteiger partial charge in [-0.2, -0.15) is 0 Å². The summed E-state index contributed by atoms with van der Waals surface area (Å²) in [5.41, 5.74) is 3.73. The molecule has 1 aromatic rings. The molecule has 0 spiro atoms. The topological polar surface area (TPSA) is 32.3 Å². The Morgan fingerprint density at radius 1 is 1.35 bits per heavy atom. The normalized spacial score (nSPS) is 17.3. The summed E-state index contributed by atoms with van der Waals surface area (Å²) in [6.45, 7) is 8.25. The summed E-state index contributed by atoms with van der Waals surface area (Å²) in [6.07, 6.45) is 3.35. The van der Waals surface area contributed by atoms with Crippen LogP contribution in [0.2, 0.25) is 0 Å². The van der Waals surface area contributed by atoms with Gasteiger partial charge < -0.3 is 10.2 Å². The molecule has 1 aromatic carbocycles. The molecule has 1 unspecified atom stereocenters. The predicted molar refractivity (Wildman–Crippen MR) is 86.7 cm³/mol. The molecule has 0 radical (unpaired) electrons. The predicted octanol–water partition coefficient (Wildman–Crippen LogP) is 3.27. The van der Waals surface area contributed by atoms with E-state index in [4.69, 9.17) is 0 Å². The van der Waals surface area contributed by atoms with Crippen LogP contribution < -0.4 is 5.32 Å². The van der Waals surface area contributed by atoms with Crippen molar-refractivity contribution in [1.82, 2.24) is 4.90 Å². The van der Waals surface area contributed by atoms with E-state index in [-0.39, 0.29) is 18.3 Å². The third kappa shape index (κ3) is 3.74. The number of nitrogens with one attached hydrogen (secondary N) is 1. The lowest BCUT2D eigenvalue weighted by molar-refractivity contribution is -0.114. The largest absolute Gasteiger partial charge is 0.326 e. The standard InChI is InChI=1S/C16H24N2O.ClH/c1-4-18(5-2)14-9-10-15-13(11-14)7-6-8-16(15)17-12(3)19;/h6-8,14H,4-5,9-11H2,1-3H3,(H,17,19);1H. The highest BCUT2D eigenvalue weighted by Crippen LogP contribution is 2.30. The van der Waals surface area contributed by atoms with Gasteiger partial charge >= 0.3 is 0 Å². The highest BCUT2D eigenvalue weighted by Gasteiger charge is 2.24. The third-order valence-electron chi connectivity index (χ3n) is 4.10. The lowest BCUT2D eigenvalue weighted by atomic mass is 9.86. The van der Waals surface area contributed by atoms with Gasteiger partial charge in [-0.05, 0) is 49.5 Å². The average molecular weight is 297 g/mol. The number of benzene rings is 1. The van der Waals surface area contributed by atoms with Crippen LogP contribution in [0.15, 0.2) is 18.2 Å². The average Bonchev–Trinajstić information content (AvgIpc) is 2.39. The van der Waals surface area contributed by atoms with E-state index in [1.165, 1.54) is 17.5 Å². The molecular formula is C16H25ClN2O. The second-order valence-electron chi connectivity index (χ2n) is 5.24. The second kappa shape index (κ2) is 7.65. The van der Waals surface area contributed by atoms with E-state index in [2.05, 4.69) is 36.2 Å². The number of carbonyl (C=O) groups is 1. The van der Waals surface area contributed by atoms with Crippen LogP contribution in [-0.4, -0.2) is 29.9 Å².